The minimum absolute atomic E-state index is 0.116. The van der Waals surface area contributed by atoms with Gasteiger partial charge in [-0.1, -0.05) is 70.2 Å². The van der Waals surface area contributed by atoms with Gasteiger partial charge in [-0.25, -0.2) is 0 Å². The fraction of sp³-hybridized carbons (Fsp3) is 0.0741. The predicted molar refractivity (Wildman–Crippen MR) is 144 cm³/mol. The van der Waals surface area contributed by atoms with Gasteiger partial charge in [0.2, 0.25) is 0 Å². The molecule has 3 aromatic rings. The molecule has 0 fully saturated rings. The molecule has 0 unspecified atom stereocenters. The molecule has 0 aliphatic carbocycles. The summed E-state index contributed by atoms with van der Waals surface area (Å²) in [5, 5.41) is 11.2. The van der Waals surface area contributed by atoms with Gasteiger partial charge in [0.15, 0.2) is 5.17 Å². The second kappa shape index (κ2) is 10.3. The number of nitrogens with zero attached hydrogens (tertiary/aromatic N) is 2. The van der Waals surface area contributed by atoms with Gasteiger partial charge >= 0.3 is 0 Å². The van der Waals surface area contributed by atoms with Crippen molar-refractivity contribution < 1.29 is 14.3 Å². The number of fused-ring (bicyclic) bond motifs is 1. The zero-order valence-electron chi connectivity index (χ0n) is 18.5. The lowest BCUT2D eigenvalue weighted by Crippen LogP contribution is -2.38. The minimum atomic E-state index is -0.415. The Labute approximate surface area is 215 Å². The minimum Gasteiger partial charge on any atom is -0.490 e. The number of aliphatic imine (C=N–C) groups is 1. The van der Waals surface area contributed by atoms with Crippen LogP contribution in [0.5, 0.6) is 11.5 Å². The highest BCUT2D eigenvalue weighted by atomic mass is 79.9. The van der Waals surface area contributed by atoms with Crippen molar-refractivity contribution in [2.45, 2.75) is 0 Å². The van der Waals surface area contributed by atoms with Crippen molar-refractivity contribution in [3.8, 4) is 11.5 Å². The third kappa shape index (κ3) is 5.23. The van der Waals surface area contributed by atoms with E-state index in [0.717, 1.165) is 27.0 Å². The third-order valence-corrected chi connectivity index (χ3v) is 6.66. The number of carbonyl (C=O) groups excluding carboxylic acids is 1. The van der Waals surface area contributed by atoms with E-state index in [9.17, 15) is 4.79 Å². The highest BCUT2D eigenvalue weighted by molar-refractivity contribution is 9.10. The number of benzene rings is 3. The average molecular weight is 546 g/mol. The number of hydrogen-bond donors (Lipinski definition) is 1. The third-order valence-electron chi connectivity index (χ3n) is 5.31. The molecule has 0 bridgehead atoms. The highest BCUT2D eigenvalue weighted by Crippen LogP contribution is 2.37. The lowest BCUT2D eigenvalue weighted by atomic mass is 10.1. The molecule has 0 aromatic heterocycles. The van der Waals surface area contributed by atoms with E-state index in [-0.39, 0.29) is 11.4 Å². The SMILES string of the molecule is N=C1/C(=C/c2ccc(OCCOc3ccc(Br)cc3)cc2)C(=O)N=C2SC=C(c3ccccc3)N12. The lowest BCUT2D eigenvalue weighted by molar-refractivity contribution is -0.114. The molecular weight excluding hydrogens is 526 g/mol. The van der Waals surface area contributed by atoms with Crippen LogP contribution < -0.4 is 9.47 Å². The van der Waals surface area contributed by atoms with Crippen molar-refractivity contribution in [1.29, 1.82) is 5.41 Å². The summed E-state index contributed by atoms with van der Waals surface area (Å²) in [7, 11) is 0. The van der Waals surface area contributed by atoms with E-state index in [2.05, 4.69) is 20.9 Å². The first kappa shape index (κ1) is 23.1. The Bertz CT molecular complexity index is 1350. The molecule has 2 aliphatic rings. The maximum absolute atomic E-state index is 12.7. The number of thioether (sulfide) groups is 1. The fourth-order valence-electron chi connectivity index (χ4n) is 3.59. The van der Waals surface area contributed by atoms with Crippen LogP contribution in [0.25, 0.3) is 11.8 Å². The van der Waals surface area contributed by atoms with Crippen molar-refractivity contribution >= 4 is 56.4 Å². The first-order valence-electron chi connectivity index (χ1n) is 10.9. The summed E-state index contributed by atoms with van der Waals surface area (Å²) >= 11 is 4.75. The Hall–Kier alpha value is -3.62. The zero-order valence-corrected chi connectivity index (χ0v) is 20.9. The van der Waals surface area contributed by atoms with Crippen molar-refractivity contribution in [2.24, 2.45) is 4.99 Å². The second-order valence-corrected chi connectivity index (χ2v) is 9.40. The summed E-state index contributed by atoms with van der Waals surface area (Å²) in [5.74, 6) is 1.18. The standard InChI is InChI=1S/C27H20BrN3O3S/c28-20-8-12-22(13-9-20)34-15-14-33-21-10-6-18(7-11-21)16-23-25(29)31-24(19-4-2-1-3-5-19)17-35-27(31)30-26(23)32/h1-13,16-17,29H,14-15H2/b23-16-,29-25?. The quantitative estimate of drug-likeness (QED) is 0.282. The molecule has 1 amide bonds. The molecule has 174 valence electrons. The van der Waals surface area contributed by atoms with Crippen LogP contribution in [-0.4, -0.2) is 35.0 Å². The number of ether oxygens (including phenoxy) is 2. The van der Waals surface area contributed by atoms with E-state index in [0.29, 0.717) is 24.1 Å². The van der Waals surface area contributed by atoms with Gasteiger partial charge in [-0.15, -0.1) is 0 Å². The number of amidine groups is 2. The average Bonchev–Trinajstić information content (AvgIpc) is 3.31. The molecule has 0 atom stereocenters. The Kier molecular flexibility index (Phi) is 6.83. The topological polar surface area (TPSA) is 75.0 Å². The van der Waals surface area contributed by atoms with E-state index in [1.807, 2.05) is 84.3 Å². The van der Waals surface area contributed by atoms with Crippen LogP contribution in [0, 0.1) is 5.41 Å². The van der Waals surface area contributed by atoms with Crippen molar-refractivity contribution in [3.05, 3.63) is 105 Å². The van der Waals surface area contributed by atoms with Crippen LogP contribution >= 0.6 is 27.7 Å². The van der Waals surface area contributed by atoms with E-state index in [1.165, 1.54) is 11.8 Å². The van der Waals surface area contributed by atoms with Gasteiger partial charge in [0.05, 0.1) is 11.3 Å². The second-order valence-electron chi connectivity index (χ2n) is 7.65. The summed E-state index contributed by atoms with van der Waals surface area (Å²) in [4.78, 5) is 18.6. The predicted octanol–water partition coefficient (Wildman–Crippen LogP) is 6.21. The van der Waals surface area contributed by atoms with Crippen molar-refractivity contribution in [3.63, 3.8) is 0 Å². The molecule has 0 saturated carbocycles. The van der Waals surface area contributed by atoms with E-state index in [4.69, 9.17) is 14.9 Å². The van der Waals surface area contributed by atoms with Crippen LogP contribution in [0.2, 0.25) is 0 Å². The van der Waals surface area contributed by atoms with Gasteiger partial charge in [-0.05, 0) is 53.6 Å². The number of carbonyl (C=O) groups is 1. The molecule has 3 aromatic carbocycles. The summed E-state index contributed by atoms with van der Waals surface area (Å²) < 4.78 is 12.4. The van der Waals surface area contributed by atoms with Crippen molar-refractivity contribution in [2.75, 3.05) is 13.2 Å². The molecule has 0 spiro atoms. The molecule has 8 heteroatoms. The van der Waals surface area contributed by atoms with Crippen LogP contribution in [0.1, 0.15) is 11.1 Å². The fourth-order valence-corrected chi connectivity index (χ4v) is 4.74. The molecular formula is C27H20BrN3O3S. The van der Waals surface area contributed by atoms with E-state index in [1.54, 1.807) is 11.0 Å². The first-order chi connectivity index (χ1) is 17.1. The molecule has 2 aliphatic heterocycles. The molecule has 35 heavy (non-hydrogen) atoms. The zero-order chi connectivity index (χ0) is 24.2. The molecule has 0 radical (unpaired) electrons. The van der Waals surface area contributed by atoms with E-state index < -0.39 is 5.91 Å². The largest absolute Gasteiger partial charge is 0.490 e. The first-order valence-corrected chi connectivity index (χ1v) is 12.5. The summed E-state index contributed by atoms with van der Waals surface area (Å²) in [6.45, 7) is 0.822. The number of nitrogens with one attached hydrogen (secondary N) is 1. The maximum atomic E-state index is 12.7. The Morgan fingerprint density at radius 3 is 2.20 bits per heavy atom. The van der Waals surface area contributed by atoms with Gasteiger partial charge < -0.3 is 9.47 Å². The van der Waals surface area contributed by atoms with Gasteiger partial charge in [-0.2, -0.15) is 4.99 Å². The molecule has 0 saturated heterocycles. The number of hydrogen-bond acceptors (Lipinski definition) is 5. The van der Waals surface area contributed by atoms with Crippen LogP contribution in [0.4, 0.5) is 0 Å². The smallest absolute Gasteiger partial charge is 0.283 e. The van der Waals surface area contributed by atoms with Crippen LogP contribution in [-0.2, 0) is 4.79 Å². The summed E-state index contributed by atoms with van der Waals surface area (Å²) in [5.41, 5.74) is 2.84. The lowest BCUT2D eigenvalue weighted by Gasteiger charge is -2.26. The van der Waals surface area contributed by atoms with Gasteiger partial charge in [0.1, 0.15) is 30.5 Å². The van der Waals surface area contributed by atoms with E-state index >= 15 is 0 Å². The van der Waals surface area contributed by atoms with Gasteiger partial charge in [0.25, 0.3) is 5.91 Å². The Balaban J connectivity index is 1.24. The summed E-state index contributed by atoms with van der Waals surface area (Å²) in [6.07, 6.45) is 1.69. The number of halogens is 1. The van der Waals surface area contributed by atoms with Crippen LogP contribution in [0.3, 0.4) is 0 Å². The molecule has 6 nitrogen and oxygen atoms in total. The number of amides is 1. The summed E-state index contributed by atoms with van der Waals surface area (Å²) in [6, 6.07) is 24.8. The Morgan fingerprint density at radius 1 is 0.914 bits per heavy atom. The maximum Gasteiger partial charge on any atom is 0.283 e. The monoisotopic (exact) mass is 545 g/mol. The molecule has 2 heterocycles. The normalized spacial score (nSPS) is 16.1. The Morgan fingerprint density at radius 2 is 1.54 bits per heavy atom. The van der Waals surface area contributed by atoms with Crippen LogP contribution in [0.15, 0.2) is 99.3 Å². The number of rotatable bonds is 7. The van der Waals surface area contributed by atoms with Gasteiger partial charge in [0, 0.05) is 9.88 Å². The highest BCUT2D eigenvalue weighted by Gasteiger charge is 2.36. The molecule has 1 N–H and O–H groups in total. The van der Waals surface area contributed by atoms with Crippen molar-refractivity contribution in [1.82, 2.24) is 4.90 Å². The molecule has 5 rings (SSSR count). The van der Waals surface area contributed by atoms with Gasteiger partial charge in [-0.3, -0.25) is 15.1 Å².